The maximum absolute atomic E-state index is 12.4. The first-order valence-corrected chi connectivity index (χ1v) is 7.52. The van der Waals surface area contributed by atoms with E-state index in [0.717, 1.165) is 25.1 Å². The first kappa shape index (κ1) is 13.9. The number of carboxylic acids is 1. The minimum Gasteiger partial charge on any atom is -0.478 e. The van der Waals surface area contributed by atoms with E-state index in [1.54, 1.807) is 11.8 Å². The van der Waals surface area contributed by atoms with Crippen molar-refractivity contribution in [3.8, 4) is 0 Å². The molecule has 5 nitrogen and oxygen atoms in total. The van der Waals surface area contributed by atoms with E-state index < -0.39 is 5.97 Å². The molecule has 1 aromatic heterocycles. The molecule has 1 aliphatic heterocycles. The van der Waals surface area contributed by atoms with Gasteiger partial charge in [0.05, 0.1) is 5.56 Å². The highest BCUT2D eigenvalue weighted by molar-refractivity contribution is 7.98. The molecule has 0 bridgehead atoms. The van der Waals surface area contributed by atoms with Gasteiger partial charge in [-0.3, -0.25) is 9.78 Å². The average Bonchev–Trinajstić information content (AvgIpc) is 2.86. The van der Waals surface area contributed by atoms with Crippen LogP contribution in [0.15, 0.2) is 18.3 Å². The zero-order chi connectivity index (χ0) is 13.8. The van der Waals surface area contributed by atoms with Gasteiger partial charge >= 0.3 is 5.97 Å². The Morgan fingerprint density at radius 1 is 1.58 bits per heavy atom. The quantitative estimate of drug-likeness (QED) is 0.909. The van der Waals surface area contributed by atoms with Gasteiger partial charge < -0.3 is 10.0 Å². The van der Waals surface area contributed by atoms with Crippen LogP contribution in [-0.4, -0.2) is 51.5 Å². The molecule has 0 radical (unpaired) electrons. The maximum Gasteiger partial charge on any atom is 0.335 e. The smallest absolute Gasteiger partial charge is 0.335 e. The highest BCUT2D eigenvalue weighted by Crippen LogP contribution is 2.22. The first-order chi connectivity index (χ1) is 9.13. The molecule has 2 rings (SSSR count). The van der Waals surface area contributed by atoms with Gasteiger partial charge in [-0.05, 0) is 31.2 Å². The second kappa shape index (κ2) is 6.06. The van der Waals surface area contributed by atoms with Crippen molar-refractivity contribution in [2.24, 2.45) is 0 Å². The predicted molar refractivity (Wildman–Crippen MR) is 73.6 cm³/mol. The van der Waals surface area contributed by atoms with E-state index in [4.69, 9.17) is 5.11 Å². The molecule has 102 valence electrons. The first-order valence-electron chi connectivity index (χ1n) is 6.12. The SMILES string of the molecule is CSCC1CCCN1C(=O)c1cc(C(=O)O)ccn1. The molecule has 0 aromatic carbocycles. The van der Waals surface area contributed by atoms with Crippen LogP contribution >= 0.6 is 11.8 Å². The summed E-state index contributed by atoms with van der Waals surface area (Å²) in [4.78, 5) is 29.1. The van der Waals surface area contributed by atoms with Crippen molar-refractivity contribution in [2.75, 3.05) is 18.6 Å². The number of thioether (sulfide) groups is 1. The summed E-state index contributed by atoms with van der Waals surface area (Å²) in [6.45, 7) is 0.725. The fourth-order valence-electron chi connectivity index (χ4n) is 2.30. The topological polar surface area (TPSA) is 70.5 Å². The number of rotatable bonds is 4. The van der Waals surface area contributed by atoms with E-state index in [0.29, 0.717) is 0 Å². The maximum atomic E-state index is 12.4. The monoisotopic (exact) mass is 280 g/mol. The molecular weight excluding hydrogens is 264 g/mol. The molecule has 1 fully saturated rings. The van der Waals surface area contributed by atoms with E-state index in [1.165, 1.54) is 18.3 Å². The summed E-state index contributed by atoms with van der Waals surface area (Å²) in [5.41, 5.74) is 0.312. The molecular formula is C13H16N2O3S. The third-order valence-corrected chi connectivity index (χ3v) is 3.94. The molecule has 6 heteroatoms. The largest absolute Gasteiger partial charge is 0.478 e. The van der Waals surface area contributed by atoms with Crippen LogP contribution in [-0.2, 0) is 0 Å². The van der Waals surface area contributed by atoms with E-state index >= 15 is 0 Å². The summed E-state index contributed by atoms with van der Waals surface area (Å²) in [6, 6.07) is 2.97. The number of likely N-dealkylation sites (tertiary alicyclic amines) is 1. The van der Waals surface area contributed by atoms with Crippen molar-refractivity contribution in [1.82, 2.24) is 9.88 Å². The van der Waals surface area contributed by atoms with Crippen LogP contribution in [0.25, 0.3) is 0 Å². The molecule has 1 amide bonds. The minimum atomic E-state index is -1.04. The number of nitrogens with zero attached hydrogens (tertiary/aromatic N) is 2. The summed E-state index contributed by atoms with van der Waals surface area (Å²) >= 11 is 1.71. The Hall–Kier alpha value is -1.56. The van der Waals surface area contributed by atoms with E-state index in [9.17, 15) is 9.59 Å². The van der Waals surface area contributed by atoms with Gasteiger partial charge in [-0.2, -0.15) is 11.8 Å². The molecule has 1 aliphatic rings. The molecule has 19 heavy (non-hydrogen) atoms. The van der Waals surface area contributed by atoms with Gasteiger partial charge in [-0.25, -0.2) is 4.79 Å². The van der Waals surface area contributed by atoms with Crippen molar-refractivity contribution < 1.29 is 14.7 Å². The summed E-state index contributed by atoms with van der Waals surface area (Å²) in [5.74, 6) is -0.303. The van der Waals surface area contributed by atoms with Crippen molar-refractivity contribution in [3.63, 3.8) is 0 Å². The van der Waals surface area contributed by atoms with Crippen LogP contribution in [0, 0.1) is 0 Å². The molecule has 0 saturated carbocycles. The van der Waals surface area contributed by atoms with Gasteiger partial charge in [0.25, 0.3) is 5.91 Å². The third-order valence-electron chi connectivity index (χ3n) is 3.22. The molecule has 1 N–H and O–H groups in total. The third kappa shape index (κ3) is 3.07. The number of aromatic nitrogens is 1. The number of carbonyl (C=O) groups is 2. The number of hydrogen-bond donors (Lipinski definition) is 1. The number of carboxylic acid groups (broad SMARTS) is 1. The summed E-state index contributed by atoms with van der Waals surface area (Å²) < 4.78 is 0. The van der Waals surface area contributed by atoms with Gasteiger partial charge in [-0.15, -0.1) is 0 Å². The Kier molecular flexibility index (Phi) is 4.42. The number of pyridine rings is 1. The lowest BCUT2D eigenvalue weighted by molar-refractivity contribution is 0.0696. The van der Waals surface area contributed by atoms with Crippen molar-refractivity contribution >= 4 is 23.6 Å². The molecule has 1 unspecified atom stereocenters. The van der Waals surface area contributed by atoms with Gasteiger partial charge in [0.15, 0.2) is 0 Å². The fourth-order valence-corrected chi connectivity index (χ4v) is 3.03. The van der Waals surface area contributed by atoms with Gasteiger partial charge in [-0.1, -0.05) is 0 Å². The second-order valence-electron chi connectivity index (χ2n) is 4.48. The standard InChI is InChI=1S/C13H16N2O3S/c1-19-8-10-3-2-6-15(10)12(16)11-7-9(13(17)18)4-5-14-11/h4-5,7,10H,2-3,6,8H2,1H3,(H,17,18). The molecule has 1 saturated heterocycles. The number of carbonyl (C=O) groups excluding carboxylic acids is 1. The number of aromatic carboxylic acids is 1. The highest BCUT2D eigenvalue weighted by Gasteiger charge is 2.29. The van der Waals surface area contributed by atoms with Crippen LogP contribution in [0.2, 0.25) is 0 Å². The zero-order valence-electron chi connectivity index (χ0n) is 10.7. The second-order valence-corrected chi connectivity index (χ2v) is 5.40. The molecule has 1 aromatic rings. The summed E-state index contributed by atoms with van der Waals surface area (Å²) in [7, 11) is 0. The highest BCUT2D eigenvalue weighted by atomic mass is 32.2. The molecule has 2 heterocycles. The Bertz CT molecular complexity index is 493. The summed E-state index contributed by atoms with van der Waals surface area (Å²) in [6.07, 6.45) is 5.39. The van der Waals surface area contributed by atoms with Crippen molar-refractivity contribution in [2.45, 2.75) is 18.9 Å². The number of hydrogen-bond acceptors (Lipinski definition) is 4. The van der Waals surface area contributed by atoms with E-state index in [-0.39, 0.29) is 23.2 Å². The van der Waals surface area contributed by atoms with E-state index in [2.05, 4.69) is 4.98 Å². The van der Waals surface area contributed by atoms with Crippen LogP contribution in [0.1, 0.15) is 33.7 Å². The Morgan fingerprint density at radius 2 is 2.37 bits per heavy atom. The van der Waals surface area contributed by atoms with Crippen LogP contribution in [0.5, 0.6) is 0 Å². The minimum absolute atomic E-state index is 0.0963. The van der Waals surface area contributed by atoms with Gasteiger partial charge in [0.2, 0.25) is 0 Å². The Balaban J connectivity index is 2.19. The molecule has 0 aliphatic carbocycles. The van der Waals surface area contributed by atoms with Crippen molar-refractivity contribution in [3.05, 3.63) is 29.6 Å². The molecule has 0 spiro atoms. The van der Waals surface area contributed by atoms with Crippen LogP contribution < -0.4 is 0 Å². The Labute approximate surface area is 116 Å². The van der Waals surface area contributed by atoms with Gasteiger partial charge in [0.1, 0.15) is 5.69 Å². The van der Waals surface area contributed by atoms with Crippen LogP contribution in [0.4, 0.5) is 0 Å². The predicted octanol–water partition coefficient (Wildman–Crippen LogP) is 1.75. The van der Waals surface area contributed by atoms with Crippen LogP contribution in [0.3, 0.4) is 0 Å². The van der Waals surface area contributed by atoms with Crippen molar-refractivity contribution in [1.29, 1.82) is 0 Å². The van der Waals surface area contributed by atoms with E-state index in [1.807, 2.05) is 11.2 Å². The average molecular weight is 280 g/mol. The Morgan fingerprint density at radius 3 is 3.05 bits per heavy atom. The fraction of sp³-hybridized carbons (Fsp3) is 0.462. The normalized spacial score (nSPS) is 18.6. The zero-order valence-corrected chi connectivity index (χ0v) is 11.5. The number of amides is 1. The lowest BCUT2D eigenvalue weighted by Gasteiger charge is -2.23. The van der Waals surface area contributed by atoms with Gasteiger partial charge in [0, 0.05) is 24.5 Å². The summed E-state index contributed by atoms with van der Waals surface area (Å²) in [5, 5.41) is 8.94. The lowest BCUT2D eigenvalue weighted by atomic mass is 10.2. The molecule has 1 atom stereocenters. The lowest BCUT2D eigenvalue weighted by Crippen LogP contribution is -2.37.